The molecule has 2 N–H and O–H groups in total. The predicted molar refractivity (Wildman–Crippen MR) is 76.2 cm³/mol. The van der Waals surface area contributed by atoms with Crippen LogP contribution in [0.2, 0.25) is 0 Å². The molecule has 2 heterocycles. The Kier molecular flexibility index (Phi) is 5.25. The molecular weight excluding hydrogens is 343 g/mol. The summed E-state index contributed by atoms with van der Waals surface area (Å²) in [5, 5.41) is 11.2. The van der Waals surface area contributed by atoms with E-state index in [1.165, 1.54) is 6.33 Å². The summed E-state index contributed by atoms with van der Waals surface area (Å²) in [6.07, 6.45) is 2.42. The van der Waals surface area contributed by atoms with Gasteiger partial charge in [0.1, 0.15) is 12.1 Å². The van der Waals surface area contributed by atoms with Gasteiger partial charge in [0.15, 0.2) is 5.82 Å². The van der Waals surface area contributed by atoms with Crippen LogP contribution in [0.3, 0.4) is 0 Å². The van der Waals surface area contributed by atoms with Crippen LogP contribution in [0.5, 0.6) is 5.75 Å². The van der Waals surface area contributed by atoms with Gasteiger partial charge in [-0.05, 0) is 11.9 Å². The number of methoxy groups -OCH3 is 1. The van der Waals surface area contributed by atoms with Crippen LogP contribution in [0.1, 0.15) is 12.6 Å². The molecule has 3 rings (SSSR count). The standard InChI is InChI=1S/C14H14N5O.Y/c1-3-9-6-13(19-18-9)17-14-11-7-10(20-2)4-5-12(11)15-8-16-14;/h5-8H,3H2,1-2H3,(H2,15,16,17,18,19);/q-1;. The van der Waals surface area contributed by atoms with Gasteiger partial charge in [0.2, 0.25) is 0 Å². The number of hydrogen-bond acceptors (Lipinski definition) is 5. The normalized spacial score (nSPS) is 10.2. The summed E-state index contributed by atoms with van der Waals surface area (Å²) >= 11 is 0. The van der Waals surface area contributed by atoms with E-state index in [4.69, 9.17) is 4.74 Å². The Labute approximate surface area is 147 Å². The molecule has 0 bridgehead atoms. The second-order valence-corrected chi connectivity index (χ2v) is 4.28. The summed E-state index contributed by atoms with van der Waals surface area (Å²) < 4.78 is 5.19. The van der Waals surface area contributed by atoms with E-state index in [-0.39, 0.29) is 32.7 Å². The molecule has 1 radical (unpaired) electrons. The van der Waals surface area contributed by atoms with Crippen LogP contribution in [-0.4, -0.2) is 27.3 Å². The minimum Gasteiger partial charge on any atom is -0.523 e. The van der Waals surface area contributed by atoms with Crippen LogP contribution < -0.4 is 10.1 Å². The second-order valence-electron chi connectivity index (χ2n) is 4.28. The SMILES string of the molecule is CCc1cc(Nc2ncnc3c[c-]c(OC)cc23)n[nH]1.[Y]. The second kappa shape index (κ2) is 6.96. The van der Waals surface area contributed by atoms with E-state index < -0.39 is 0 Å². The number of nitrogens with zero attached hydrogens (tertiary/aromatic N) is 3. The third-order valence-corrected chi connectivity index (χ3v) is 3.02. The Bertz CT molecular complexity index is 743. The fraction of sp³-hybridized carbons (Fsp3) is 0.214. The van der Waals surface area contributed by atoms with Crippen LogP contribution in [0, 0.1) is 6.07 Å². The minimum absolute atomic E-state index is 0. The molecule has 0 saturated carbocycles. The molecule has 0 aliphatic carbocycles. The van der Waals surface area contributed by atoms with E-state index in [0.29, 0.717) is 11.6 Å². The third kappa shape index (κ3) is 3.39. The fourth-order valence-electron chi connectivity index (χ4n) is 1.92. The summed E-state index contributed by atoms with van der Waals surface area (Å²) in [7, 11) is 1.61. The van der Waals surface area contributed by atoms with Gasteiger partial charge in [-0.15, -0.1) is 18.2 Å². The van der Waals surface area contributed by atoms with Gasteiger partial charge in [-0.1, -0.05) is 12.3 Å². The summed E-state index contributed by atoms with van der Waals surface area (Å²) in [6, 6.07) is 8.59. The van der Waals surface area contributed by atoms with Crippen molar-refractivity contribution < 1.29 is 37.4 Å². The van der Waals surface area contributed by atoms with Crippen LogP contribution in [-0.2, 0) is 39.1 Å². The van der Waals surface area contributed by atoms with Crippen molar-refractivity contribution in [2.45, 2.75) is 13.3 Å². The molecule has 0 spiro atoms. The van der Waals surface area contributed by atoms with Gasteiger partial charge in [0.25, 0.3) is 0 Å². The molecule has 3 aromatic rings. The third-order valence-electron chi connectivity index (χ3n) is 3.02. The summed E-state index contributed by atoms with van der Waals surface area (Å²) in [5.74, 6) is 2.07. The Hall–Kier alpha value is -1.53. The van der Waals surface area contributed by atoms with E-state index in [0.717, 1.165) is 28.8 Å². The molecule has 0 saturated heterocycles. The van der Waals surface area contributed by atoms with Crippen molar-refractivity contribution in [1.29, 1.82) is 0 Å². The van der Waals surface area contributed by atoms with Gasteiger partial charge in [-0.3, -0.25) is 5.10 Å². The van der Waals surface area contributed by atoms with Crippen molar-refractivity contribution in [1.82, 2.24) is 20.2 Å². The fourth-order valence-corrected chi connectivity index (χ4v) is 1.92. The summed E-state index contributed by atoms with van der Waals surface area (Å²) in [5.41, 5.74) is 1.87. The van der Waals surface area contributed by atoms with Crippen LogP contribution >= 0.6 is 0 Å². The number of hydrogen-bond donors (Lipinski definition) is 2. The molecule has 2 aromatic heterocycles. The average Bonchev–Trinajstić information content (AvgIpc) is 2.95. The Morgan fingerprint density at radius 3 is 2.90 bits per heavy atom. The van der Waals surface area contributed by atoms with Crippen molar-refractivity contribution in [3.8, 4) is 5.75 Å². The zero-order chi connectivity index (χ0) is 13.9. The smallest absolute Gasteiger partial charge is 0.153 e. The molecule has 0 aliphatic rings. The first kappa shape index (κ1) is 15.9. The largest absolute Gasteiger partial charge is 0.523 e. The molecular formula is C14H14N5OY-. The van der Waals surface area contributed by atoms with Crippen molar-refractivity contribution in [2.24, 2.45) is 0 Å². The number of nitrogens with one attached hydrogen (secondary N) is 2. The number of aryl methyl sites for hydroxylation is 1. The summed E-state index contributed by atoms with van der Waals surface area (Å²) in [6.45, 7) is 2.07. The van der Waals surface area contributed by atoms with Gasteiger partial charge in [-0.25, -0.2) is 4.98 Å². The van der Waals surface area contributed by atoms with Crippen molar-refractivity contribution in [3.63, 3.8) is 0 Å². The zero-order valence-electron chi connectivity index (χ0n) is 11.8. The number of benzene rings is 1. The maximum Gasteiger partial charge on any atom is 0.153 e. The van der Waals surface area contributed by atoms with Gasteiger partial charge < -0.3 is 15.0 Å². The van der Waals surface area contributed by atoms with Crippen LogP contribution in [0.15, 0.2) is 24.5 Å². The Morgan fingerprint density at radius 2 is 2.19 bits per heavy atom. The first-order chi connectivity index (χ1) is 9.80. The number of anilines is 2. The van der Waals surface area contributed by atoms with E-state index in [9.17, 15) is 0 Å². The van der Waals surface area contributed by atoms with Gasteiger partial charge in [0, 0.05) is 50.2 Å². The minimum atomic E-state index is 0. The first-order valence-corrected chi connectivity index (χ1v) is 6.32. The summed E-state index contributed by atoms with van der Waals surface area (Å²) in [4.78, 5) is 8.48. The maximum atomic E-state index is 5.19. The average molecular weight is 357 g/mol. The number of fused-ring (bicyclic) bond motifs is 1. The number of H-pyrrole nitrogens is 1. The van der Waals surface area contributed by atoms with Crippen molar-refractivity contribution in [3.05, 3.63) is 36.3 Å². The number of rotatable bonds is 4. The molecule has 0 amide bonds. The topological polar surface area (TPSA) is 75.7 Å². The number of ether oxygens (including phenoxy) is 1. The molecule has 6 nitrogen and oxygen atoms in total. The van der Waals surface area contributed by atoms with Gasteiger partial charge >= 0.3 is 0 Å². The number of aromatic nitrogens is 4. The van der Waals surface area contributed by atoms with Crippen molar-refractivity contribution in [2.75, 3.05) is 12.4 Å². The molecule has 21 heavy (non-hydrogen) atoms. The van der Waals surface area contributed by atoms with Gasteiger partial charge in [0.05, 0.1) is 7.11 Å². The first-order valence-electron chi connectivity index (χ1n) is 6.32. The molecule has 0 aliphatic heterocycles. The molecule has 105 valence electrons. The maximum absolute atomic E-state index is 5.19. The van der Waals surface area contributed by atoms with E-state index in [1.807, 2.05) is 12.1 Å². The molecule has 0 unspecified atom stereocenters. The monoisotopic (exact) mass is 357 g/mol. The molecule has 0 atom stereocenters. The van der Waals surface area contributed by atoms with E-state index >= 15 is 0 Å². The zero-order valence-corrected chi connectivity index (χ0v) is 14.7. The van der Waals surface area contributed by atoms with Crippen LogP contribution in [0.25, 0.3) is 10.9 Å². The van der Waals surface area contributed by atoms with Crippen LogP contribution in [0.4, 0.5) is 11.6 Å². The Balaban J connectivity index is 0.00000161. The Morgan fingerprint density at radius 1 is 1.33 bits per heavy atom. The van der Waals surface area contributed by atoms with Crippen molar-refractivity contribution >= 4 is 22.5 Å². The van der Waals surface area contributed by atoms with E-state index in [1.54, 1.807) is 13.2 Å². The molecule has 0 fully saturated rings. The molecule has 7 heteroatoms. The number of aromatic amines is 1. The molecule has 1 aromatic carbocycles. The quantitative estimate of drug-likeness (QED) is 0.702. The van der Waals surface area contributed by atoms with E-state index in [2.05, 4.69) is 38.5 Å². The van der Waals surface area contributed by atoms with Gasteiger partial charge in [-0.2, -0.15) is 5.10 Å². The predicted octanol–water partition coefficient (Wildman–Crippen LogP) is 2.47.